The lowest BCUT2D eigenvalue weighted by Crippen LogP contribution is -2.24. The van der Waals surface area contributed by atoms with Crippen LogP contribution in [0.2, 0.25) is 0 Å². The molecule has 42 heavy (non-hydrogen) atoms. The monoisotopic (exact) mass is 598 g/mol. The lowest BCUT2D eigenvalue weighted by molar-refractivity contribution is 0.135. The third-order valence-electron chi connectivity index (χ3n) is 7.78. The van der Waals surface area contributed by atoms with Gasteiger partial charge in [0.25, 0.3) is 0 Å². The number of unbranched alkanes of at least 4 members (excludes halogenated alkanes) is 1. The zero-order valence-electron chi connectivity index (χ0n) is 24.9. The van der Waals surface area contributed by atoms with Crippen molar-refractivity contribution in [2.75, 3.05) is 23.7 Å². The molecule has 0 bridgehead atoms. The number of thiophene rings is 1. The molecule has 0 saturated carbocycles. The van der Waals surface area contributed by atoms with E-state index >= 15 is 4.39 Å². The summed E-state index contributed by atoms with van der Waals surface area (Å²) in [5.41, 5.74) is 7.64. The molecule has 4 aromatic rings. The van der Waals surface area contributed by atoms with E-state index in [2.05, 4.69) is 28.8 Å². The van der Waals surface area contributed by atoms with Crippen LogP contribution in [0.3, 0.4) is 0 Å². The number of hydrogen-bond donors (Lipinski definition) is 1. The number of ether oxygens (including phenoxy) is 1. The SMILES string of the molecule is CC.CC(F)C1CN(c2ncc3c4c(c(-c5ncc(F)c6sc(N)c(C#N)c56)c(F)c3n2)COC4)CC1C.CCCC. The summed E-state index contributed by atoms with van der Waals surface area (Å²) >= 11 is 0.927. The number of nitrogens with two attached hydrogens (primary N) is 1. The lowest BCUT2D eigenvalue weighted by Gasteiger charge is -2.18. The van der Waals surface area contributed by atoms with Gasteiger partial charge in [-0.3, -0.25) is 4.98 Å². The molecule has 7 nitrogen and oxygen atoms in total. The number of halogens is 3. The Labute approximate surface area is 248 Å². The van der Waals surface area contributed by atoms with Crippen molar-refractivity contribution in [2.45, 2.75) is 73.8 Å². The van der Waals surface area contributed by atoms with E-state index < -0.39 is 17.8 Å². The fourth-order valence-corrected chi connectivity index (χ4v) is 6.37. The number of hydrogen-bond acceptors (Lipinski definition) is 8. The highest BCUT2D eigenvalue weighted by Crippen LogP contribution is 2.45. The molecule has 0 amide bonds. The van der Waals surface area contributed by atoms with Gasteiger partial charge in [-0.15, -0.1) is 11.3 Å². The predicted octanol–water partition coefficient (Wildman–Crippen LogP) is 7.93. The summed E-state index contributed by atoms with van der Waals surface area (Å²) in [7, 11) is 0. The number of rotatable bonds is 4. The molecule has 3 unspecified atom stereocenters. The van der Waals surface area contributed by atoms with E-state index in [0.29, 0.717) is 30.0 Å². The number of pyridine rings is 1. The van der Waals surface area contributed by atoms with Crippen LogP contribution < -0.4 is 10.6 Å². The standard InChI is InChI=1S/C25H21F3N6OS.C4H10.C2H6/c1-10-6-34(7-14(10)11(2)26)25-32-4-13-15-8-35-9-16(15)18(20(28)21(13)33-25)22-19-12(3-29)24(30)36-23(19)17(27)5-31-22;1-3-4-2;1-2/h4-5,10-11,14H,6-9,30H2,1-2H3;3-4H2,1-2H3;1-2H3. The fourth-order valence-electron chi connectivity index (χ4n) is 5.44. The van der Waals surface area contributed by atoms with Crippen molar-refractivity contribution in [2.24, 2.45) is 11.8 Å². The second kappa shape index (κ2) is 13.2. The van der Waals surface area contributed by atoms with Gasteiger partial charge >= 0.3 is 0 Å². The van der Waals surface area contributed by atoms with Crippen LogP contribution in [0.1, 0.15) is 71.1 Å². The molecule has 3 aromatic heterocycles. The van der Waals surface area contributed by atoms with Gasteiger partial charge in [0, 0.05) is 41.5 Å². The summed E-state index contributed by atoms with van der Waals surface area (Å²) in [5.74, 6) is -1.04. The van der Waals surface area contributed by atoms with E-state index in [0.717, 1.165) is 23.1 Å². The van der Waals surface area contributed by atoms with Gasteiger partial charge in [-0.1, -0.05) is 47.5 Å². The Kier molecular flexibility index (Phi) is 9.89. The first kappa shape index (κ1) is 31.4. The van der Waals surface area contributed by atoms with Crippen molar-refractivity contribution in [3.8, 4) is 17.3 Å². The first-order chi connectivity index (χ1) is 20.2. The first-order valence-electron chi connectivity index (χ1n) is 14.4. The Balaban J connectivity index is 0.000000624. The molecule has 2 aliphatic heterocycles. The van der Waals surface area contributed by atoms with Crippen LogP contribution in [0.4, 0.5) is 24.1 Å². The van der Waals surface area contributed by atoms with Gasteiger partial charge in [0.2, 0.25) is 5.95 Å². The lowest BCUT2D eigenvalue weighted by atomic mass is 9.94. The zero-order chi connectivity index (χ0) is 30.7. The molecule has 1 fully saturated rings. The minimum Gasteiger partial charge on any atom is -0.389 e. The van der Waals surface area contributed by atoms with Crippen LogP contribution in [0.15, 0.2) is 12.4 Å². The van der Waals surface area contributed by atoms with Gasteiger partial charge in [-0.05, 0) is 24.0 Å². The number of nitrogen functional groups attached to an aromatic ring is 1. The summed E-state index contributed by atoms with van der Waals surface area (Å²) in [5, 5.41) is 10.5. The Morgan fingerprint density at radius 2 is 1.83 bits per heavy atom. The summed E-state index contributed by atoms with van der Waals surface area (Å²) in [6, 6.07) is 2.01. The molecular formula is C31H37F3N6OS. The topological polar surface area (TPSA) is 101 Å². The van der Waals surface area contributed by atoms with E-state index in [9.17, 15) is 14.0 Å². The average Bonchev–Trinajstić information content (AvgIpc) is 3.72. The number of nitriles is 1. The number of alkyl halides is 1. The molecule has 2 aliphatic rings. The van der Waals surface area contributed by atoms with Crippen molar-refractivity contribution in [3.05, 3.63) is 40.7 Å². The van der Waals surface area contributed by atoms with Crippen LogP contribution in [-0.2, 0) is 18.0 Å². The van der Waals surface area contributed by atoms with Crippen molar-refractivity contribution < 1.29 is 17.9 Å². The maximum atomic E-state index is 16.4. The molecule has 2 N–H and O–H groups in total. The molecule has 11 heteroatoms. The Hall–Kier alpha value is -3.49. The van der Waals surface area contributed by atoms with E-state index in [1.54, 1.807) is 13.1 Å². The molecule has 224 valence electrons. The van der Waals surface area contributed by atoms with Crippen LogP contribution in [0.5, 0.6) is 0 Å². The number of aromatic nitrogens is 3. The van der Waals surface area contributed by atoms with Gasteiger partial charge in [-0.2, -0.15) is 5.26 Å². The van der Waals surface area contributed by atoms with Crippen molar-refractivity contribution in [1.29, 1.82) is 5.26 Å². The minimum atomic E-state index is -0.978. The molecule has 0 radical (unpaired) electrons. The third kappa shape index (κ3) is 5.50. The molecule has 0 aliphatic carbocycles. The maximum absolute atomic E-state index is 16.4. The van der Waals surface area contributed by atoms with Crippen LogP contribution in [-0.4, -0.2) is 34.2 Å². The summed E-state index contributed by atoms with van der Waals surface area (Å²) < 4.78 is 50.8. The molecule has 1 aromatic carbocycles. The van der Waals surface area contributed by atoms with Gasteiger partial charge in [0.05, 0.1) is 35.4 Å². The smallest absolute Gasteiger partial charge is 0.225 e. The predicted molar refractivity (Wildman–Crippen MR) is 163 cm³/mol. The number of anilines is 2. The van der Waals surface area contributed by atoms with Crippen molar-refractivity contribution in [1.82, 2.24) is 15.0 Å². The molecule has 3 atom stereocenters. The molecule has 6 rings (SSSR count). The van der Waals surface area contributed by atoms with Crippen molar-refractivity contribution >= 4 is 43.3 Å². The molecule has 1 saturated heterocycles. The second-order valence-corrected chi connectivity index (χ2v) is 11.5. The van der Waals surface area contributed by atoms with Crippen LogP contribution in [0, 0.1) is 34.8 Å². The van der Waals surface area contributed by atoms with Crippen molar-refractivity contribution in [3.63, 3.8) is 0 Å². The normalized spacial score (nSPS) is 18.2. The Morgan fingerprint density at radius 3 is 2.45 bits per heavy atom. The number of nitrogens with zero attached hydrogens (tertiary/aromatic N) is 5. The van der Waals surface area contributed by atoms with Crippen LogP contribution >= 0.6 is 11.3 Å². The van der Waals surface area contributed by atoms with Gasteiger partial charge in [0.15, 0.2) is 11.6 Å². The largest absolute Gasteiger partial charge is 0.389 e. The Bertz CT molecular complexity index is 1630. The highest BCUT2D eigenvalue weighted by atomic mass is 32.1. The van der Waals surface area contributed by atoms with Gasteiger partial charge in [0.1, 0.15) is 22.8 Å². The second-order valence-electron chi connectivity index (χ2n) is 10.4. The number of fused-ring (bicyclic) bond motifs is 4. The molecule has 0 spiro atoms. The van der Waals surface area contributed by atoms with Gasteiger partial charge < -0.3 is 15.4 Å². The van der Waals surface area contributed by atoms with E-state index in [1.807, 2.05) is 31.7 Å². The fraction of sp³-hybridized carbons (Fsp3) is 0.484. The highest BCUT2D eigenvalue weighted by Gasteiger charge is 2.36. The van der Waals surface area contributed by atoms with E-state index in [4.69, 9.17) is 10.5 Å². The minimum absolute atomic E-state index is 0.0602. The van der Waals surface area contributed by atoms with E-state index in [-0.39, 0.29) is 62.5 Å². The highest BCUT2D eigenvalue weighted by molar-refractivity contribution is 7.23. The molecular weight excluding hydrogens is 561 g/mol. The van der Waals surface area contributed by atoms with Gasteiger partial charge in [-0.25, -0.2) is 23.1 Å². The average molecular weight is 599 g/mol. The van der Waals surface area contributed by atoms with E-state index in [1.165, 1.54) is 12.8 Å². The summed E-state index contributed by atoms with van der Waals surface area (Å²) in [6.45, 7) is 13.2. The Morgan fingerprint density at radius 1 is 1.14 bits per heavy atom. The quantitative estimate of drug-likeness (QED) is 0.255. The first-order valence-corrected chi connectivity index (χ1v) is 15.3. The van der Waals surface area contributed by atoms with Crippen LogP contribution in [0.25, 0.3) is 32.2 Å². The maximum Gasteiger partial charge on any atom is 0.225 e. The summed E-state index contributed by atoms with van der Waals surface area (Å²) in [4.78, 5) is 15.1. The third-order valence-corrected chi connectivity index (χ3v) is 8.80. The summed E-state index contributed by atoms with van der Waals surface area (Å²) in [6.07, 6.45) is 4.25. The zero-order valence-corrected chi connectivity index (χ0v) is 25.7. The molecule has 5 heterocycles. The number of benzene rings is 1.